The minimum absolute atomic E-state index is 0.124. The van der Waals surface area contributed by atoms with Gasteiger partial charge in [0.1, 0.15) is 5.56 Å². The van der Waals surface area contributed by atoms with Crippen LogP contribution in [0.3, 0.4) is 0 Å². The quantitative estimate of drug-likeness (QED) is 0.503. The first-order valence-corrected chi connectivity index (χ1v) is 9.07. The molecule has 9 heteroatoms. The minimum atomic E-state index is -0.600. The Hall–Kier alpha value is -3.75. The number of hydrogen-bond donors (Lipinski definition) is 2. The summed E-state index contributed by atoms with van der Waals surface area (Å²) in [5.74, 6) is -0.729. The molecule has 0 bridgehead atoms. The Morgan fingerprint density at radius 2 is 1.79 bits per heavy atom. The highest BCUT2D eigenvalue weighted by Gasteiger charge is 2.27. The zero-order valence-electron chi connectivity index (χ0n) is 16.7. The number of esters is 1. The maximum Gasteiger partial charge on any atom is 0.343 e. The molecule has 9 nitrogen and oxygen atoms in total. The number of nitrogens with zero attached hydrogens (tertiary/aromatic N) is 4. The van der Waals surface area contributed by atoms with Crippen LogP contribution in [0.15, 0.2) is 30.3 Å². The fraction of sp³-hybridized carbons (Fsp3) is 0.250. The molecule has 0 fully saturated rings. The van der Waals surface area contributed by atoms with Crippen LogP contribution in [-0.2, 0) is 4.74 Å². The second-order valence-corrected chi connectivity index (χ2v) is 6.43. The number of anilines is 2. The summed E-state index contributed by atoms with van der Waals surface area (Å²) in [6.45, 7) is 7.18. The lowest BCUT2D eigenvalue weighted by Gasteiger charge is -2.12. The van der Waals surface area contributed by atoms with Gasteiger partial charge in [-0.25, -0.2) is 14.8 Å². The molecule has 29 heavy (non-hydrogen) atoms. The summed E-state index contributed by atoms with van der Waals surface area (Å²) in [5, 5.41) is 7.11. The van der Waals surface area contributed by atoms with Gasteiger partial charge in [-0.2, -0.15) is 9.78 Å². The molecule has 1 amide bonds. The van der Waals surface area contributed by atoms with Crippen molar-refractivity contribution in [1.29, 1.82) is 0 Å². The van der Waals surface area contributed by atoms with Crippen molar-refractivity contribution in [3.63, 3.8) is 0 Å². The normalized spacial score (nSPS) is 10.6. The Morgan fingerprint density at radius 1 is 1.14 bits per heavy atom. The van der Waals surface area contributed by atoms with E-state index in [2.05, 4.69) is 20.4 Å². The smallest absolute Gasteiger partial charge is 0.343 e. The average molecular weight is 394 g/mol. The van der Waals surface area contributed by atoms with E-state index in [0.717, 1.165) is 11.4 Å². The van der Waals surface area contributed by atoms with Crippen LogP contribution >= 0.6 is 0 Å². The summed E-state index contributed by atoms with van der Waals surface area (Å²) >= 11 is 0. The number of rotatable bonds is 5. The number of nitrogens with one attached hydrogen (secondary N) is 1. The molecular weight excluding hydrogens is 372 g/mol. The summed E-state index contributed by atoms with van der Waals surface area (Å²) in [7, 11) is 0. The third-order valence-electron chi connectivity index (χ3n) is 4.14. The van der Waals surface area contributed by atoms with Crippen molar-refractivity contribution in [3.8, 4) is 5.95 Å². The van der Waals surface area contributed by atoms with Gasteiger partial charge in [-0.15, -0.1) is 0 Å². The molecule has 150 valence electrons. The number of carbonyl (C=O) groups excluding carboxylic acids is 2. The van der Waals surface area contributed by atoms with Crippen LogP contribution < -0.4 is 11.1 Å². The molecule has 3 rings (SSSR count). The van der Waals surface area contributed by atoms with Gasteiger partial charge >= 0.3 is 5.97 Å². The largest absolute Gasteiger partial charge is 0.462 e. The van der Waals surface area contributed by atoms with Gasteiger partial charge in [0.2, 0.25) is 0 Å². The number of aromatic nitrogens is 4. The van der Waals surface area contributed by atoms with Crippen LogP contribution in [0.25, 0.3) is 5.95 Å². The fourth-order valence-electron chi connectivity index (χ4n) is 2.92. The fourth-order valence-corrected chi connectivity index (χ4v) is 2.92. The van der Waals surface area contributed by atoms with E-state index in [1.165, 1.54) is 4.68 Å². The number of benzene rings is 1. The number of amides is 1. The Morgan fingerprint density at radius 3 is 2.41 bits per heavy atom. The predicted molar refractivity (Wildman–Crippen MR) is 108 cm³/mol. The molecule has 0 saturated carbocycles. The molecule has 0 radical (unpaired) electrons. The van der Waals surface area contributed by atoms with E-state index < -0.39 is 11.9 Å². The highest BCUT2D eigenvalue weighted by atomic mass is 16.5. The van der Waals surface area contributed by atoms with Crippen molar-refractivity contribution in [1.82, 2.24) is 19.7 Å². The van der Waals surface area contributed by atoms with Gasteiger partial charge in [-0.3, -0.25) is 4.79 Å². The molecule has 0 atom stereocenters. The first kappa shape index (κ1) is 20.0. The number of ether oxygens (including phenoxy) is 1. The molecule has 0 saturated heterocycles. The summed E-state index contributed by atoms with van der Waals surface area (Å²) in [6.07, 6.45) is 0. The minimum Gasteiger partial charge on any atom is -0.462 e. The van der Waals surface area contributed by atoms with Crippen LogP contribution in [0.1, 0.15) is 44.7 Å². The van der Waals surface area contributed by atoms with E-state index in [0.29, 0.717) is 11.4 Å². The van der Waals surface area contributed by atoms with Crippen molar-refractivity contribution in [2.45, 2.75) is 27.7 Å². The monoisotopic (exact) mass is 394 g/mol. The molecule has 0 aliphatic carbocycles. The van der Waals surface area contributed by atoms with Gasteiger partial charge in [0.05, 0.1) is 17.9 Å². The summed E-state index contributed by atoms with van der Waals surface area (Å²) in [5.41, 5.74) is 8.46. The summed E-state index contributed by atoms with van der Waals surface area (Å²) in [6, 6.07) is 8.46. The molecular formula is C20H22N6O3. The standard InChI is InChI=1S/C20H22N6O3/c1-5-29-19(28)16-13(4)25-26(20-22-11(2)10-12(3)23-20)17(16)24-18(27)14-8-6-7-9-15(14)21/h6-10H,5,21H2,1-4H3,(H,24,27). The third kappa shape index (κ3) is 4.08. The molecule has 2 heterocycles. The second kappa shape index (κ2) is 8.09. The summed E-state index contributed by atoms with van der Waals surface area (Å²) in [4.78, 5) is 34.2. The van der Waals surface area contributed by atoms with Crippen LogP contribution in [-0.4, -0.2) is 38.2 Å². The molecule has 1 aromatic carbocycles. The van der Waals surface area contributed by atoms with Gasteiger partial charge in [-0.1, -0.05) is 12.1 Å². The molecule has 0 aliphatic heterocycles. The maximum atomic E-state index is 12.9. The third-order valence-corrected chi connectivity index (χ3v) is 4.14. The average Bonchev–Trinajstić information content (AvgIpc) is 2.97. The number of para-hydroxylation sites is 1. The van der Waals surface area contributed by atoms with Crippen LogP contribution in [0.2, 0.25) is 0 Å². The van der Waals surface area contributed by atoms with E-state index in [4.69, 9.17) is 10.5 Å². The zero-order chi connectivity index (χ0) is 21.1. The van der Waals surface area contributed by atoms with E-state index in [1.54, 1.807) is 38.1 Å². The Kier molecular flexibility index (Phi) is 5.58. The van der Waals surface area contributed by atoms with E-state index in [1.807, 2.05) is 19.9 Å². The zero-order valence-corrected chi connectivity index (χ0v) is 16.7. The first-order valence-electron chi connectivity index (χ1n) is 9.07. The second-order valence-electron chi connectivity index (χ2n) is 6.43. The number of nitrogen functional groups attached to an aromatic ring is 1. The molecule has 0 unspecified atom stereocenters. The highest BCUT2D eigenvalue weighted by Crippen LogP contribution is 2.25. The number of hydrogen-bond acceptors (Lipinski definition) is 7. The van der Waals surface area contributed by atoms with Gasteiger partial charge in [0, 0.05) is 17.1 Å². The van der Waals surface area contributed by atoms with Crippen molar-refractivity contribution in [3.05, 3.63) is 58.5 Å². The van der Waals surface area contributed by atoms with Crippen molar-refractivity contribution in [2.75, 3.05) is 17.7 Å². The lowest BCUT2D eigenvalue weighted by atomic mass is 10.1. The number of aryl methyl sites for hydroxylation is 3. The molecule has 3 N–H and O–H groups in total. The summed E-state index contributed by atoms with van der Waals surface area (Å²) < 4.78 is 6.48. The number of carbonyl (C=O) groups is 2. The SMILES string of the molecule is CCOC(=O)c1c(C)nn(-c2nc(C)cc(C)n2)c1NC(=O)c1ccccc1N. The van der Waals surface area contributed by atoms with Gasteiger partial charge in [0.15, 0.2) is 5.82 Å². The van der Waals surface area contributed by atoms with Crippen LogP contribution in [0.4, 0.5) is 11.5 Å². The molecule has 0 aliphatic rings. The topological polar surface area (TPSA) is 125 Å². The van der Waals surface area contributed by atoms with E-state index in [-0.39, 0.29) is 29.5 Å². The van der Waals surface area contributed by atoms with E-state index >= 15 is 0 Å². The Balaban J connectivity index is 2.15. The molecule has 0 spiro atoms. The lowest BCUT2D eigenvalue weighted by Crippen LogP contribution is -2.20. The number of nitrogens with two attached hydrogens (primary N) is 1. The Labute approximate surface area is 167 Å². The van der Waals surface area contributed by atoms with Gasteiger partial charge in [-0.05, 0) is 45.9 Å². The maximum absolute atomic E-state index is 12.9. The van der Waals surface area contributed by atoms with Crippen molar-refractivity contribution in [2.24, 2.45) is 0 Å². The predicted octanol–water partition coefficient (Wildman–Crippen LogP) is 2.60. The molecule has 2 aromatic heterocycles. The van der Waals surface area contributed by atoms with Crippen LogP contribution in [0.5, 0.6) is 0 Å². The lowest BCUT2D eigenvalue weighted by molar-refractivity contribution is 0.0527. The van der Waals surface area contributed by atoms with Gasteiger partial charge in [0.25, 0.3) is 11.9 Å². The molecule has 3 aromatic rings. The van der Waals surface area contributed by atoms with Crippen LogP contribution in [0, 0.1) is 20.8 Å². The first-order chi connectivity index (χ1) is 13.8. The Bertz CT molecular complexity index is 1070. The van der Waals surface area contributed by atoms with Gasteiger partial charge < -0.3 is 15.8 Å². The van der Waals surface area contributed by atoms with E-state index in [9.17, 15) is 9.59 Å². The van der Waals surface area contributed by atoms with Crippen molar-refractivity contribution >= 4 is 23.4 Å². The highest BCUT2D eigenvalue weighted by molar-refractivity contribution is 6.10. The van der Waals surface area contributed by atoms with Crippen molar-refractivity contribution < 1.29 is 14.3 Å².